The van der Waals surface area contributed by atoms with Gasteiger partial charge in [0.25, 0.3) is 11.6 Å². The van der Waals surface area contributed by atoms with E-state index in [9.17, 15) is 14.9 Å². The van der Waals surface area contributed by atoms with Crippen LogP contribution in [-0.4, -0.2) is 17.4 Å². The maximum absolute atomic E-state index is 11.9. The summed E-state index contributed by atoms with van der Waals surface area (Å²) in [6.45, 7) is 1.68. The van der Waals surface area contributed by atoms with Gasteiger partial charge in [0.05, 0.1) is 11.0 Å². The molecule has 0 radical (unpaired) electrons. The molecule has 6 nitrogen and oxygen atoms in total. The Kier molecular flexibility index (Phi) is 5.54. The number of nitro groups is 1. The molecule has 0 bridgehead atoms. The molecule has 1 atom stereocenters. The van der Waals surface area contributed by atoms with Gasteiger partial charge in [0.15, 0.2) is 6.61 Å². The number of amides is 1. The lowest BCUT2D eigenvalue weighted by Crippen LogP contribution is -2.31. The van der Waals surface area contributed by atoms with Gasteiger partial charge >= 0.3 is 0 Å². The first-order valence-electron chi connectivity index (χ1n) is 6.88. The summed E-state index contributed by atoms with van der Waals surface area (Å²) >= 11 is 5.82. The quantitative estimate of drug-likeness (QED) is 0.647. The molecule has 120 valence electrons. The molecule has 0 aromatic heterocycles. The van der Waals surface area contributed by atoms with Crippen molar-refractivity contribution in [2.45, 2.75) is 13.0 Å². The van der Waals surface area contributed by atoms with Crippen LogP contribution in [0.3, 0.4) is 0 Å². The van der Waals surface area contributed by atoms with Crippen LogP contribution >= 0.6 is 11.6 Å². The van der Waals surface area contributed by atoms with Gasteiger partial charge in [-0.15, -0.1) is 0 Å². The highest BCUT2D eigenvalue weighted by Gasteiger charge is 2.11. The predicted octanol–water partition coefficient (Wildman–Crippen LogP) is 3.50. The molecule has 0 aliphatic heterocycles. The Morgan fingerprint density at radius 3 is 2.39 bits per heavy atom. The zero-order valence-electron chi connectivity index (χ0n) is 12.4. The third-order valence-corrected chi connectivity index (χ3v) is 3.42. The first-order valence-corrected chi connectivity index (χ1v) is 7.25. The lowest BCUT2D eigenvalue weighted by atomic mass is 10.1. The summed E-state index contributed by atoms with van der Waals surface area (Å²) in [6, 6.07) is 12.6. The molecular weight excluding hydrogens is 320 g/mol. The number of hydrogen-bond acceptors (Lipinski definition) is 4. The maximum Gasteiger partial charge on any atom is 0.269 e. The fourth-order valence-corrected chi connectivity index (χ4v) is 2.06. The van der Waals surface area contributed by atoms with Gasteiger partial charge in [-0.05, 0) is 36.8 Å². The van der Waals surface area contributed by atoms with Crippen molar-refractivity contribution < 1.29 is 14.5 Å². The number of halogens is 1. The Labute approximate surface area is 138 Å². The van der Waals surface area contributed by atoms with Gasteiger partial charge in [0.1, 0.15) is 5.75 Å². The van der Waals surface area contributed by atoms with Gasteiger partial charge in [-0.2, -0.15) is 0 Å². The molecule has 1 amide bonds. The molecule has 7 heteroatoms. The van der Waals surface area contributed by atoms with E-state index in [-0.39, 0.29) is 24.2 Å². The zero-order chi connectivity index (χ0) is 16.8. The molecule has 0 aliphatic rings. The topological polar surface area (TPSA) is 81.5 Å². The van der Waals surface area contributed by atoms with Crippen LogP contribution in [0.4, 0.5) is 5.69 Å². The van der Waals surface area contributed by atoms with E-state index in [1.807, 2.05) is 19.1 Å². The second kappa shape index (κ2) is 7.60. The van der Waals surface area contributed by atoms with Crippen LogP contribution in [0, 0.1) is 10.1 Å². The van der Waals surface area contributed by atoms with E-state index in [0.717, 1.165) is 5.56 Å². The molecule has 23 heavy (non-hydrogen) atoms. The molecule has 2 aromatic carbocycles. The number of nitrogens with zero attached hydrogens (tertiary/aromatic N) is 1. The minimum absolute atomic E-state index is 0.0295. The molecule has 0 heterocycles. The first-order chi connectivity index (χ1) is 11.0. The van der Waals surface area contributed by atoms with E-state index in [2.05, 4.69) is 5.32 Å². The third kappa shape index (κ3) is 4.96. The van der Waals surface area contributed by atoms with Gasteiger partial charge in [0.2, 0.25) is 0 Å². The molecule has 0 saturated heterocycles. The van der Waals surface area contributed by atoms with Gasteiger partial charge in [0, 0.05) is 17.2 Å². The number of nitrogens with one attached hydrogen (secondary N) is 1. The number of hydrogen-bond donors (Lipinski definition) is 1. The van der Waals surface area contributed by atoms with Crippen LogP contribution in [0.1, 0.15) is 18.5 Å². The molecule has 0 unspecified atom stereocenters. The number of rotatable bonds is 6. The Balaban J connectivity index is 1.84. The fourth-order valence-electron chi connectivity index (χ4n) is 1.93. The number of nitro benzene ring substituents is 1. The summed E-state index contributed by atoms with van der Waals surface area (Å²) in [7, 11) is 0. The van der Waals surface area contributed by atoms with Crippen molar-refractivity contribution in [2.75, 3.05) is 6.61 Å². The SMILES string of the molecule is C[C@@H](NC(=O)COc1ccc([N+](=O)[O-])cc1)c1ccc(Cl)cc1. The van der Waals surface area contributed by atoms with E-state index in [1.54, 1.807) is 12.1 Å². The van der Waals surface area contributed by atoms with Crippen LogP contribution in [0.15, 0.2) is 48.5 Å². The Bertz CT molecular complexity index is 686. The number of carbonyl (C=O) groups excluding carboxylic acids is 1. The number of carbonyl (C=O) groups is 1. The average molecular weight is 335 g/mol. The monoisotopic (exact) mass is 334 g/mol. The lowest BCUT2D eigenvalue weighted by molar-refractivity contribution is -0.384. The van der Waals surface area contributed by atoms with Crippen LogP contribution in [0.25, 0.3) is 0 Å². The van der Waals surface area contributed by atoms with E-state index in [4.69, 9.17) is 16.3 Å². The zero-order valence-corrected chi connectivity index (χ0v) is 13.1. The molecule has 0 aliphatic carbocycles. The van der Waals surface area contributed by atoms with Gasteiger partial charge in [-0.25, -0.2) is 0 Å². The molecule has 0 fully saturated rings. The summed E-state index contributed by atoms with van der Waals surface area (Å²) in [5, 5.41) is 14.0. The molecule has 1 N–H and O–H groups in total. The first kappa shape index (κ1) is 16.8. The Hall–Kier alpha value is -2.60. The van der Waals surface area contributed by atoms with Crippen molar-refractivity contribution >= 4 is 23.2 Å². The lowest BCUT2D eigenvalue weighted by Gasteiger charge is -2.14. The number of ether oxygens (including phenoxy) is 1. The molecule has 0 spiro atoms. The number of non-ortho nitro benzene ring substituents is 1. The highest BCUT2D eigenvalue weighted by molar-refractivity contribution is 6.30. The smallest absolute Gasteiger partial charge is 0.269 e. The van der Waals surface area contributed by atoms with Crippen molar-refractivity contribution in [3.05, 3.63) is 69.2 Å². The van der Waals surface area contributed by atoms with Crippen molar-refractivity contribution in [1.82, 2.24) is 5.32 Å². The van der Waals surface area contributed by atoms with Crippen molar-refractivity contribution in [1.29, 1.82) is 0 Å². The standard InChI is InChI=1S/C16H15ClN2O4/c1-11(12-2-4-13(17)5-3-12)18-16(20)10-23-15-8-6-14(7-9-15)19(21)22/h2-9,11H,10H2,1H3,(H,18,20)/t11-/m1/s1. The van der Waals surface area contributed by atoms with E-state index >= 15 is 0 Å². The molecular formula is C16H15ClN2O4. The van der Waals surface area contributed by atoms with Gasteiger partial charge < -0.3 is 10.1 Å². The average Bonchev–Trinajstić information content (AvgIpc) is 2.54. The van der Waals surface area contributed by atoms with Crippen LogP contribution in [0.2, 0.25) is 5.02 Å². The highest BCUT2D eigenvalue weighted by Crippen LogP contribution is 2.18. The summed E-state index contributed by atoms with van der Waals surface area (Å²) in [5.74, 6) is 0.107. The Morgan fingerprint density at radius 1 is 1.22 bits per heavy atom. The van der Waals surface area contributed by atoms with E-state index in [0.29, 0.717) is 10.8 Å². The minimum atomic E-state index is -0.496. The summed E-state index contributed by atoms with van der Waals surface area (Å²) in [5.41, 5.74) is 0.899. The Morgan fingerprint density at radius 2 is 1.83 bits per heavy atom. The predicted molar refractivity (Wildman–Crippen MR) is 86.6 cm³/mol. The largest absolute Gasteiger partial charge is 0.484 e. The van der Waals surface area contributed by atoms with Crippen LogP contribution < -0.4 is 10.1 Å². The van der Waals surface area contributed by atoms with E-state index < -0.39 is 4.92 Å². The maximum atomic E-state index is 11.9. The molecule has 2 aromatic rings. The van der Waals surface area contributed by atoms with Gasteiger partial charge in [-0.3, -0.25) is 14.9 Å². The van der Waals surface area contributed by atoms with Crippen molar-refractivity contribution in [2.24, 2.45) is 0 Å². The van der Waals surface area contributed by atoms with E-state index in [1.165, 1.54) is 24.3 Å². The summed E-state index contributed by atoms with van der Waals surface area (Å²) < 4.78 is 5.30. The van der Waals surface area contributed by atoms with Crippen molar-refractivity contribution in [3.8, 4) is 5.75 Å². The van der Waals surface area contributed by atoms with Crippen LogP contribution in [0.5, 0.6) is 5.75 Å². The number of benzene rings is 2. The normalized spacial score (nSPS) is 11.6. The van der Waals surface area contributed by atoms with Gasteiger partial charge in [-0.1, -0.05) is 23.7 Å². The second-order valence-electron chi connectivity index (χ2n) is 4.88. The summed E-state index contributed by atoms with van der Waals surface area (Å²) in [4.78, 5) is 21.9. The molecule has 0 saturated carbocycles. The minimum Gasteiger partial charge on any atom is -0.484 e. The van der Waals surface area contributed by atoms with Crippen LogP contribution in [-0.2, 0) is 4.79 Å². The third-order valence-electron chi connectivity index (χ3n) is 3.16. The van der Waals surface area contributed by atoms with Crippen molar-refractivity contribution in [3.63, 3.8) is 0 Å². The highest BCUT2D eigenvalue weighted by atomic mass is 35.5. The molecule has 2 rings (SSSR count). The fraction of sp³-hybridized carbons (Fsp3) is 0.188. The second-order valence-corrected chi connectivity index (χ2v) is 5.32. The summed E-state index contributed by atoms with van der Waals surface area (Å²) in [6.07, 6.45) is 0.